The van der Waals surface area contributed by atoms with Gasteiger partial charge in [0.25, 0.3) is 0 Å². The van der Waals surface area contributed by atoms with Crippen LogP contribution in [-0.2, 0) is 10.0 Å². The molecular weight excluding hydrogens is 267 g/mol. The van der Waals surface area contributed by atoms with Crippen LogP contribution in [0.15, 0.2) is 23.1 Å². The van der Waals surface area contributed by atoms with Crippen molar-refractivity contribution < 1.29 is 12.8 Å². The van der Waals surface area contributed by atoms with Crippen LogP contribution in [0.3, 0.4) is 0 Å². The van der Waals surface area contributed by atoms with Gasteiger partial charge in [-0.2, -0.15) is 4.31 Å². The molecule has 6 heteroatoms. The van der Waals surface area contributed by atoms with Gasteiger partial charge in [0.15, 0.2) is 0 Å². The van der Waals surface area contributed by atoms with Crippen LogP contribution in [-0.4, -0.2) is 32.4 Å². The highest BCUT2D eigenvalue weighted by atomic mass is 32.2. The second-order valence-electron chi connectivity index (χ2n) is 5.49. The predicted octanol–water partition coefficient (Wildman–Crippen LogP) is 1.49. The van der Waals surface area contributed by atoms with Crippen LogP contribution in [0.4, 0.5) is 4.39 Å². The van der Waals surface area contributed by atoms with E-state index in [1.54, 1.807) is 13.0 Å². The number of benzene rings is 1. The smallest absolute Gasteiger partial charge is 0.246 e. The van der Waals surface area contributed by atoms with Crippen molar-refractivity contribution in [1.82, 2.24) is 4.31 Å². The van der Waals surface area contributed by atoms with Crippen molar-refractivity contribution in [3.8, 4) is 0 Å². The van der Waals surface area contributed by atoms with Crippen molar-refractivity contribution in [1.29, 1.82) is 0 Å². The average molecular weight is 286 g/mol. The predicted molar refractivity (Wildman–Crippen MR) is 71.7 cm³/mol. The molecule has 1 aromatic rings. The third kappa shape index (κ3) is 2.52. The highest BCUT2D eigenvalue weighted by molar-refractivity contribution is 7.89. The first-order chi connectivity index (χ1) is 8.80. The topological polar surface area (TPSA) is 63.4 Å². The van der Waals surface area contributed by atoms with Crippen molar-refractivity contribution in [2.45, 2.75) is 25.2 Å². The van der Waals surface area contributed by atoms with Crippen molar-refractivity contribution in [2.24, 2.45) is 11.1 Å². The molecule has 1 aliphatic heterocycles. The second kappa shape index (κ2) is 4.85. The first-order valence-corrected chi connectivity index (χ1v) is 7.69. The van der Waals surface area contributed by atoms with Crippen LogP contribution in [0.2, 0.25) is 0 Å². The number of halogens is 1. The number of nitrogens with zero attached hydrogens (tertiary/aromatic N) is 1. The molecule has 1 atom stereocenters. The molecule has 1 heterocycles. The van der Waals surface area contributed by atoms with E-state index in [1.807, 2.05) is 6.92 Å². The van der Waals surface area contributed by atoms with E-state index in [-0.39, 0.29) is 10.3 Å². The lowest BCUT2D eigenvalue weighted by Crippen LogP contribution is -2.35. The molecule has 0 aromatic heterocycles. The average Bonchev–Trinajstić information content (AvgIpc) is 2.73. The van der Waals surface area contributed by atoms with E-state index < -0.39 is 15.8 Å². The Morgan fingerprint density at radius 3 is 2.68 bits per heavy atom. The fourth-order valence-corrected chi connectivity index (χ4v) is 4.28. The molecular formula is C13H19FN2O2S. The van der Waals surface area contributed by atoms with Crippen molar-refractivity contribution in [3.05, 3.63) is 29.6 Å². The van der Waals surface area contributed by atoms with Gasteiger partial charge in [-0.1, -0.05) is 19.1 Å². The van der Waals surface area contributed by atoms with Crippen LogP contribution in [0.1, 0.15) is 18.9 Å². The molecule has 0 bridgehead atoms. The number of rotatable bonds is 3. The van der Waals surface area contributed by atoms with Gasteiger partial charge < -0.3 is 5.73 Å². The Balaban J connectivity index is 2.40. The summed E-state index contributed by atoms with van der Waals surface area (Å²) in [5, 5.41) is 0. The fourth-order valence-electron chi connectivity index (χ4n) is 2.42. The van der Waals surface area contributed by atoms with Gasteiger partial charge in [-0.25, -0.2) is 12.8 Å². The molecule has 1 aliphatic rings. The van der Waals surface area contributed by atoms with Gasteiger partial charge in [0.05, 0.1) is 0 Å². The van der Waals surface area contributed by atoms with Crippen molar-refractivity contribution in [3.63, 3.8) is 0 Å². The van der Waals surface area contributed by atoms with E-state index in [1.165, 1.54) is 16.4 Å². The summed E-state index contributed by atoms with van der Waals surface area (Å²) in [6, 6.07) is 4.30. The lowest BCUT2D eigenvalue weighted by atomic mass is 9.90. The lowest BCUT2D eigenvalue weighted by molar-refractivity contribution is 0.349. The molecule has 1 saturated heterocycles. The van der Waals surface area contributed by atoms with Gasteiger partial charge >= 0.3 is 0 Å². The molecule has 4 nitrogen and oxygen atoms in total. The number of sulfonamides is 1. The summed E-state index contributed by atoms with van der Waals surface area (Å²) in [5.41, 5.74) is 5.89. The monoisotopic (exact) mass is 286 g/mol. The molecule has 0 saturated carbocycles. The van der Waals surface area contributed by atoms with E-state index in [0.717, 1.165) is 0 Å². The zero-order valence-corrected chi connectivity index (χ0v) is 12.0. The summed E-state index contributed by atoms with van der Waals surface area (Å²) in [6.07, 6.45) is 0.705. The largest absolute Gasteiger partial charge is 0.330 e. The SMILES string of the molecule is Cc1cccc(F)c1S(=O)(=O)N1CCC(C)(CN)C1. The van der Waals surface area contributed by atoms with Gasteiger partial charge in [-0.15, -0.1) is 0 Å². The fraction of sp³-hybridized carbons (Fsp3) is 0.538. The third-order valence-electron chi connectivity index (χ3n) is 3.78. The minimum atomic E-state index is -3.78. The summed E-state index contributed by atoms with van der Waals surface area (Å²) < 4.78 is 40.2. The normalized spacial score (nSPS) is 24.8. The minimum absolute atomic E-state index is 0.212. The number of hydrogen-bond acceptors (Lipinski definition) is 3. The number of aryl methyl sites for hydroxylation is 1. The van der Waals surface area contributed by atoms with Crippen molar-refractivity contribution in [2.75, 3.05) is 19.6 Å². The second-order valence-corrected chi connectivity index (χ2v) is 7.36. The van der Waals surface area contributed by atoms with Gasteiger partial charge in [0.1, 0.15) is 10.7 Å². The maximum Gasteiger partial charge on any atom is 0.246 e. The molecule has 19 heavy (non-hydrogen) atoms. The van der Waals surface area contributed by atoms with E-state index in [4.69, 9.17) is 5.73 Å². The maximum atomic E-state index is 13.8. The Kier molecular flexibility index (Phi) is 3.68. The Bertz CT molecular complexity index is 568. The highest BCUT2D eigenvalue weighted by Crippen LogP contribution is 2.33. The molecule has 0 aliphatic carbocycles. The quantitative estimate of drug-likeness (QED) is 0.915. The highest BCUT2D eigenvalue weighted by Gasteiger charge is 2.40. The number of nitrogens with two attached hydrogens (primary N) is 1. The Hall–Kier alpha value is -0.980. The zero-order valence-electron chi connectivity index (χ0n) is 11.2. The molecule has 0 radical (unpaired) electrons. The standard InChI is InChI=1S/C13H19FN2O2S/c1-10-4-3-5-11(14)12(10)19(17,18)16-7-6-13(2,8-15)9-16/h3-5H,6-9,15H2,1-2H3. The summed E-state index contributed by atoms with van der Waals surface area (Å²) in [6.45, 7) is 4.73. The van der Waals surface area contributed by atoms with E-state index >= 15 is 0 Å². The molecule has 2 rings (SSSR count). The molecule has 2 N–H and O–H groups in total. The third-order valence-corrected chi connectivity index (χ3v) is 5.80. The lowest BCUT2D eigenvalue weighted by Gasteiger charge is -2.23. The minimum Gasteiger partial charge on any atom is -0.330 e. The van der Waals surface area contributed by atoms with Crippen LogP contribution in [0.5, 0.6) is 0 Å². The molecule has 0 spiro atoms. The summed E-state index contributed by atoms with van der Waals surface area (Å²) in [5.74, 6) is -0.693. The summed E-state index contributed by atoms with van der Waals surface area (Å²) >= 11 is 0. The van der Waals surface area contributed by atoms with Gasteiger partial charge in [-0.05, 0) is 36.9 Å². The van der Waals surface area contributed by atoms with E-state index in [2.05, 4.69) is 0 Å². The van der Waals surface area contributed by atoms with Gasteiger partial charge in [0, 0.05) is 13.1 Å². The van der Waals surface area contributed by atoms with Crippen LogP contribution < -0.4 is 5.73 Å². The van der Waals surface area contributed by atoms with Crippen LogP contribution in [0, 0.1) is 18.2 Å². The Morgan fingerprint density at radius 2 is 2.16 bits per heavy atom. The van der Waals surface area contributed by atoms with Gasteiger partial charge in [0.2, 0.25) is 10.0 Å². The molecule has 106 valence electrons. The zero-order chi connectivity index (χ0) is 14.3. The molecule has 1 aromatic carbocycles. The Morgan fingerprint density at radius 1 is 1.47 bits per heavy atom. The summed E-state index contributed by atoms with van der Waals surface area (Å²) in [7, 11) is -3.78. The van der Waals surface area contributed by atoms with Crippen LogP contribution >= 0.6 is 0 Å². The number of hydrogen-bond donors (Lipinski definition) is 1. The molecule has 1 fully saturated rings. The molecule has 1 unspecified atom stereocenters. The maximum absolute atomic E-state index is 13.8. The van der Waals surface area contributed by atoms with E-state index in [9.17, 15) is 12.8 Å². The van der Waals surface area contributed by atoms with E-state index in [0.29, 0.717) is 31.6 Å². The first kappa shape index (κ1) is 14.4. The van der Waals surface area contributed by atoms with Crippen LogP contribution in [0.25, 0.3) is 0 Å². The van der Waals surface area contributed by atoms with Gasteiger partial charge in [-0.3, -0.25) is 0 Å². The molecule has 0 amide bonds. The Labute approximate surface area is 113 Å². The summed E-state index contributed by atoms with van der Waals surface area (Å²) in [4.78, 5) is -0.212. The van der Waals surface area contributed by atoms with Crippen molar-refractivity contribution >= 4 is 10.0 Å². The first-order valence-electron chi connectivity index (χ1n) is 6.25.